The average molecular weight is 144 g/mol. The molecular weight excluding hydrogens is 128 g/mol. The molecule has 1 saturated heterocycles. The molecule has 60 valence electrons. The topological polar surface area (TPSA) is 18.5 Å². The molecule has 1 unspecified atom stereocenters. The van der Waals surface area contributed by atoms with Crippen LogP contribution in [-0.4, -0.2) is 19.5 Å². The molecule has 0 amide bonds. The van der Waals surface area contributed by atoms with Crippen LogP contribution < -0.4 is 0 Å². The molecule has 0 spiro atoms. The lowest BCUT2D eigenvalue weighted by molar-refractivity contribution is -0.143. The van der Waals surface area contributed by atoms with Crippen molar-refractivity contribution in [3.63, 3.8) is 0 Å². The largest absolute Gasteiger partial charge is 0.355 e. The Labute approximate surface area is 62.5 Å². The van der Waals surface area contributed by atoms with Gasteiger partial charge in [0.1, 0.15) is 6.79 Å². The first kappa shape index (κ1) is 8.02. The van der Waals surface area contributed by atoms with E-state index in [1.807, 2.05) is 0 Å². The fourth-order valence-corrected chi connectivity index (χ4v) is 1.21. The van der Waals surface area contributed by atoms with E-state index in [0.717, 1.165) is 18.9 Å². The van der Waals surface area contributed by atoms with E-state index >= 15 is 0 Å². The number of rotatable bonds is 2. The molecule has 0 aliphatic carbocycles. The van der Waals surface area contributed by atoms with Gasteiger partial charge in [-0.3, -0.25) is 0 Å². The van der Waals surface area contributed by atoms with Gasteiger partial charge in [-0.05, 0) is 18.8 Å². The van der Waals surface area contributed by atoms with E-state index in [-0.39, 0.29) is 0 Å². The normalized spacial score (nSPS) is 27.3. The van der Waals surface area contributed by atoms with Crippen molar-refractivity contribution >= 4 is 0 Å². The maximum Gasteiger partial charge on any atom is 0.147 e. The minimum atomic E-state index is 0.453. The average Bonchev–Trinajstić information content (AvgIpc) is 1.88. The highest BCUT2D eigenvalue weighted by Crippen LogP contribution is 2.14. The van der Waals surface area contributed by atoms with E-state index in [1.54, 1.807) is 0 Å². The summed E-state index contributed by atoms with van der Waals surface area (Å²) in [6, 6.07) is 0. The first-order valence-electron chi connectivity index (χ1n) is 3.98. The standard InChI is InChI=1S/C8H16O2/c1-7(2)5-8-3-4-9-6-10-8/h7-8H,3-6H2,1-2H3. The summed E-state index contributed by atoms with van der Waals surface area (Å²) in [6.45, 7) is 5.81. The maximum absolute atomic E-state index is 5.37. The van der Waals surface area contributed by atoms with Crippen LogP contribution in [0.2, 0.25) is 0 Å². The van der Waals surface area contributed by atoms with Crippen molar-refractivity contribution in [3.8, 4) is 0 Å². The maximum atomic E-state index is 5.37. The van der Waals surface area contributed by atoms with E-state index in [4.69, 9.17) is 9.47 Å². The molecule has 0 aromatic rings. The minimum absolute atomic E-state index is 0.453. The second-order valence-corrected chi connectivity index (χ2v) is 3.23. The van der Waals surface area contributed by atoms with Gasteiger partial charge in [-0.25, -0.2) is 0 Å². The summed E-state index contributed by atoms with van der Waals surface area (Å²) in [7, 11) is 0. The van der Waals surface area contributed by atoms with E-state index in [0.29, 0.717) is 12.9 Å². The molecule has 2 nitrogen and oxygen atoms in total. The third-order valence-electron chi connectivity index (χ3n) is 1.71. The molecule has 0 aromatic heterocycles. The summed E-state index contributed by atoms with van der Waals surface area (Å²) < 4.78 is 10.4. The van der Waals surface area contributed by atoms with Gasteiger partial charge < -0.3 is 9.47 Å². The van der Waals surface area contributed by atoms with Gasteiger partial charge in [0.2, 0.25) is 0 Å². The second-order valence-electron chi connectivity index (χ2n) is 3.23. The van der Waals surface area contributed by atoms with Crippen LogP contribution in [0.4, 0.5) is 0 Å². The molecule has 0 bridgehead atoms. The first-order chi connectivity index (χ1) is 4.79. The predicted molar refractivity (Wildman–Crippen MR) is 39.8 cm³/mol. The number of ether oxygens (including phenoxy) is 2. The summed E-state index contributed by atoms with van der Waals surface area (Å²) in [5.74, 6) is 0.739. The monoisotopic (exact) mass is 144 g/mol. The van der Waals surface area contributed by atoms with E-state index in [9.17, 15) is 0 Å². The summed E-state index contributed by atoms with van der Waals surface area (Å²) in [5, 5.41) is 0. The highest BCUT2D eigenvalue weighted by molar-refractivity contribution is 4.61. The Morgan fingerprint density at radius 1 is 1.50 bits per heavy atom. The predicted octanol–water partition coefficient (Wildman–Crippen LogP) is 1.80. The molecular formula is C8H16O2. The van der Waals surface area contributed by atoms with Gasteiger partial charge >= 0.3 is 0 Å². The molecule has 1 aliphatic heterocycles. The van der Waals surface area contributed by atoms with Gasteiger partial charge in [-0.2, -0.15) is 0 Å². The van der Waals surface area contributed by atoms with Crippen molar-refractivity contribution < 1.29 is 9.47 Å². The lowest BCUT2D eigenvalue weighted by atomic mass is 10.0. The van der Waals surface area contributed by atoms with Crippen LogP contribution >= 0.6 is 0 Å². The fourth-order valence-electron chi connectivity index (χ4n) is 1.21. The minimum Gasteiger partial charge on any atom is -0.355 e. The van der Waals surface area contributed by atoms with Crippen LogP contribution in [0.25, 0.3) is 0 Å². The Bertz CT molecular complexity index is 85.3. The molecule has 0 N–H and O–H groups in total. The fraction of sp³-hybridized carbons (Fsp3) is 1.00. The quantitative estimate of drug-likeness (QED) is 0.588. The molecule has 10 heavy (non-hydrogen) atoms. The van der Waals surface area contributed by atoms with Crippen LogP contribution in [-0.2, 0) is 9.47 Å². The molecule has 0 radical (unpaired) electrons. The van der Waals surface area contributed by atoms with Crippen LogP contribution in [0.5, 0.6) is 0 Å². The summed E-state index contributed by atoms with van der Waals surface area (Å²) in [6.07, 6.45) is 2.69. The molecule has 0 saturated carbocycles. The summed E-state index contributed by atoms with van der Waals surface area (Å²) in [5.41, 5.74) is 0. The molecule has 1 aliphatic rings. The Balaban J connectivity index is 2.13. The summed E-state index contributed by atoms with van der Waals surface area (Å²) in [4.78, 5) is 0. The SMILES string of the molecule is CC(C)CC1CCOCO1. The molecule has 2 heteroatoms. The molecule has 1 atom stereocenters. The second kappa shape index (κ2) is 3.94. The van der Waals surface area contributed by atoms with Crippen molar-refractivity contribution in [3.05, 3.63) is 0 Å². The zero-order valence-electron chi connectivity index (χ0n) is 6.80. The third kappa shape index (κ3) is 2.67. The van der Waals surface area contributed by atoms with Crippen LogP contribution in [0.1, 0.15) is 26.7 Å². The van der Waals surface area contributed by atoms with E-state index < -0.39 is 0 Å². The Kier molecular flexibility index (Phi) is 3.16. The van der Waals surface area contributed by atoms with Crippen molar-refractivity contribution in [2.24, 2.45) is 5.92 Å². The lowest BCUT2D eigenvalue weighted by Crippen LogP contribution is -2.24. The Morgan fingerprint density at radius 3 is 2.80 bits per heavy atom. The van der Waals surface area contributed by atoms with Crippen LogP contribution in [0, 0.1) is 5.92 Å². The van der Waals surface area contributed by atoms with Crippen molar-refractivity contribution in [2.75, 3.05) is 13.4 Å². The number of hydrogen-bond donors (Lipinski definition) is 0. The van der Waals surface area contributed by atoms with Crippen LogP contribution in [0.15, 0.2) is 0 Å². The van der Waals surface area contributed by atoms with E-state index in [1.165, 1.54) is 6.42 Å². The highest BCUT2D eigenvalue weighted by Gasteiger charge is 2.14. The zero-order chi connectivity index (χ0) is 7.40. The van der Waals surface area contributed by atoms with Crippen LogP contribution in [0.3, 0.4) is 0 Å². The smallest absolute Gasteiger partial charge is 0.147 e. The highest BCUT2D eigenvalue weighted by atomic mass is 16.7. The Hall–Kier alpha value is -0.0800. The van der Waals surface area contributed by atoms with E-state index in [2.05, 4.69) is 13.8 Å². The lowest BCUT2D eigenvalue weighted by Gasteiger charge is -2.23. The van der Waals surface area contributed by atoms with Crippen molar-refractivity contribution in [2.45, 2.75) is 32.8 Å². The van der Waals surface area contributed by atoms with Gasteiger partial charge in [-0.15, -0.1) is 0 Å². The molecule has 1 heterocycles. The molecule has 1 rings (SSSR count). The third-order valence-corrected chi connectivity index (χ3v) is 1.71. The first-order valence-corrected chi connectivity index (χ1v) is 3.98. The summed E-state index contributed by atoms with van der Waals surface area (Å²) >= 11 is 0. The van der Waals surface area contributed by atoms with Gasteiger partial charge in [0.25, 0.3) is 0 Å². The van der Waals surface area contributed by atoms with Gasteiger partial charge in [0, 0.05) is 0 Å². The number of hydrogen-bond acceptors (Lipinski definition) is 2. The van der Waals surface area contributed by atoms with Gasteiger partial charge in [0.15, 0.2) is 0 Å². The Morgan fingerprint density at radius 2 is 2.30 bits per heavy atom. The van der Waals surface area contributed by atoms with Crippen molar-refractivity contribution in [1.82, 2.24) is 0 Å². The van der Waals surface area contributed by atoms with Gasteiger partial charge in [-0.1, -0.05) is 13.8 Å². The molecule has 0 aromatic carbocycles. The molecule has 1 fully saturated rings. The van der Waals surface area contributed by atoms with Gasteiger partial charge in [0.05, 0.1) is 12.7 Å². The zero-order valence-corrected chi connectivity index (χ0v) is 6.80. The van der Waals surface area contributed by atoms with Crippen molar-refractivity contribution in [1.29, 1.82) is 0 Å².